The first-order valence-electron chi connectivity index (χ1n) is 6.88. The molecular weight excluding hydrogens is 269 g/mol. The van der Waals surface area contributed by atoms with Gasteiger partial charge in [-0.25, -0.2) is 4.39 Å². The Morgan fingerprint density at radius 1 is 1.05 bits per heavy atom. The number of methoxy groups -OCH3 is 2. The van der Waals surface area contributed by atoms with Gasteiger partial charge in [-0.3, -0.25) is 0 Å². The SMILES string of the molecule is COc1cc(OC)cc(C2(N)CCc3cc(F)ccc32)c1. The monoisotopic (exact) mass is 287 g/mol. The molecule has 0 heterocycles. The summed E-state index contributed by atoms with van der Waals surface area (Å²) in [7, 11) is 3.22. The van der Waals surface area contributed by atoms with Crippen LogP contribution in [0.15, 0.2) is 36.4 Å². The van der Waals surface area contributed by atoms with Crippen LogP contribution in [-0.4, -0.2) is 14.2 Å². The number of nitrogens with two attached hydrogens (primary N) is 1. The number of halogens is 1. The van der Waals surface area contributed by atoms with E-state index < -0.39 is 5.54 Å². The van der Waals surface area contributed by atoms with E-state index in [9.17, 15) is 4.39 Å². The van der Waals surface area contributed by atoms with E-state index >= 15 is 0 Å². The highest BCUT2D eigenvalue weighted by Crippen LogP contribution is 2.42. The fourth-order valence-electron chi connectivity index (χ4n) is 3.04. The van der Waals surface area contributed by atoms with Gasteiger partial charge in [0.1, 0.15) is 17.3 Å². The molecule has 2 aromatic carbocycles. The van der Waals surface area contributed by atoms with Crippen LogP contribution in [0.3, 0.4) is 0 Å². The van der Waals surface area contributed by atoms with E-state index in [-0.39, 0.29) is 5.82 Å². The zero-order chi connectivity index (χ0) is 15.0. The Labute approximate surface area is 123 Å². The standard InChI is InChI=1S/C17H18FNO2/c1-20-14-8-12(9-15(10-14)21-2)17(19)6-5-11-7-13(18)3-4-16(11)17/h3-4,7-10H,5-6,19H2,1-2H3. The maximum Gasteiger partial charge on any atom is 0.123 e. The first-order valence-corrected chi connectivity index (χ1v) is 6.88. The molecule has 1 atom stereocenters. The average molecular weight is 287 g/mol. The largest absolute Gasteiger partial charge is 0.497 e. The number of rotatable bonds is 3. The lowest BCUT2D eigenvalue weighted by Gasteiger charge is -2.27. The van der Waals surface area contributed by atoms with Gasteiger partial charge in [-0.05, 0) is 53.8 Å². The zero-order valence-electron chi connectivity index (χ0n) is 12.2. The van der Waals surface area contributed by atoms with Crippen molar-refractivity contribution in [2.45, 2.75) is 18.4 Å². The van der Waals surface area contributed by atoms with Gasteiger partial charge >= 0.3 is 0 Å². The minimum absolute atomic E-state index is 0.221. The van der Waals surface area contributed by atoms with Crippen LogP contribution in [0, 0.1) is 5.82 Å². The predicted octanol–water partition coefficient (Wildman–Crippen LogP) is 2.99. The van der Waals surface area contributed by atoms with Crippen LogP contribution in [-0.2, 0) is 12.0 Å². The summed E-state index contributed by atoms with van der Waals surface area (Å²) in [6.45, 7) is 0. The predicted molar refractivity (Wildman–Crippen MR) is 79.2 cm³/mol. The second kappa shape index (κ2) is 5.04. The second-order valence-electron chi connectivity index (χ2n) is 5.37. The minimum atomic E-state index is -0.634. The van der Waals surface area contributed by atoms with Crippen molar-refractivity contribution in [2.24, 2.45) is 5.73 Å². The Balaban J connectivity index is 2.13. The number of ether oxygens (including phenoxy) is 2. The van der Waals surface area contributed by atoms with E-state index in [1.807, 2.05) is 18.2 Å². The van der Waals surface area contributed by atoms with Crippen LogP contribution in [0.5, 0.6) is 11.5 Å². The first kappa shape index (κ1) is 13.9. The molecule has 3 nitrogen and oxygen atoms in total. The molecule has 0 saturated carbocycles. The lowest BCUT2D eigenvalue weighted by molar-refractivity contribution is 0.390. The molecule has 0 amide bonds. The van der Waals surface area contributed by atoms with Crippen molar-refractivity contribution in [1.29, 1.82) is 0 Å². The van der Waals surface area contributed by atoms with Crippen molar-refractivity contribution in [3.05, 3.63) is 58.9 Å². The molecule has 4 heteroatoms. The topological polar surface area (TPSA) is 44.5 Å². The number of hydrogen-bond acceptors (Lipinski definition) is 3. The van der Waals surface area contributed by atoms with Gasteiger partial charge in [0, 0.05) is 6.07 Å². The van der Waals surface area contributed by atoms with Crippen LogP contribution >= 0.6 is 0 Å². The van der Waals surface area contributed by atoms with E-state index in [1.165, 1.54) is 6.07 Å². The highest BCUT2D eigenvalue weighted by molar-refractivity contribution is 5.51. The lowest BCUT2D eigenvalue weighted by Crippen LogP contribution is -2.35. The van der Waals surface area contributed by atoms with Crippen LogP contribution in [0.25, 0.3) is 0 Å². The van der Waals surface area contributed by atoms with E-state index in [0.717, 1.165) is 29.5 Å². The van der Waals surface area contributed by atoms with Crippen LogP contribution in [0.4, 0.5) is 4.39 Å². The first-order chi connectivity index (χ1) is 10.1. The number of hydrogen-bond donors (Lipinski definition) is 1. The summed E-state index contributed by atoms with van der Waals surface area (Å²) in [6.07, 6.45) is 1.51. The number of benzene rings is 2. The summed E-state index contributed by atoms with van der Waals surface area (Å²) < 4.78 is 24.0. The highest BCUT2D eigenvalue weighted by Gasteiger charge is 2.37. The van der Waals surface area contributed by atoms with Gasteiger partial charge in [-0.2, -0.15) is 0 Å². The van der Waals surface area contributed by atoms with Gasteiger partial charge in [0.05, 0.1) is 19.8 Å². The molecule has 0 bridgehead atoms. The highest BCUT2D eigenvalue weighted by atomic mass is 19.1. The van der Waals surface area contributed by atoms with Crippen molar-refractivity contribution in [3.63, 3.8) is 0 Å². The Bertz CT molecular complexity index is 664. The molecule has 0 aromatic heterocycles. The molecule has 2 aromatic rings. The number of aryl methyl sites for hydroxylation is 1. The molecule has 0 spiro atoms. The average Bonchev–Trinajstić information content (AvgIpc) is 2.84. The maximum absolute atomic E-state index is 13.4. The molecular formula is C17H18FNO2. The van der Waals surface area contributed by atoms with Crippen LogP contribution in [0.2, 0.25) is 0 Å². The molecule has 1 aliphatic carbocycles. The van der Waals surface area contributed by atoms with Gasteiger partial charge in [-0.1, -0.05) is 6.07 Å². The Morgan fingerprint density at radius 2 is 1.71 bits per heavy atom. The molecule has 0 aliphatic heterocycles. The molecule has 21 heavy (non-hydrogen) atoms. The summed E-state index contributed by atoms with van der Waals surface area (Å²) in [6, 6.07) is 10.5. The van der Waals surface area contributed by atoms with Crippen LogP contribution < -0.4 is 15.2 Å². The normalized spacial score (nSPS) is 20.2. The number of fused-ring (bicyclic) bond motifs is 1. The molecule has 1 unspecified atom stereocenters. The van der Waals surface area contributed by atoms with Crippen molar-refractivity contribution in [1.82, 2.24) is 0 Å². The minimum Gasteiger partial charge on any atom is -0.497 e. The summed E-state index contributed by atoms with van der Waals surface area (Å²) in [5, 5.41) is 0. The maximum atomic E-state index is 13.4. The molecule has 0 fully saturated rings. The molecule has 0 saturated heterocycles. The van der Waals surface area contributed by atoms with E-state index in [4.69, 9.17) is 15.2 Å². The molecule has 3 rings (SSSR count). The Kier molecular flexibility index (Phi) is 3.33. The van der Waals surface area contributed by atoms with Crippen LogP contribution in [0.1, 0.15) is 23.1 Å². The summed E-state index contributed by atoms with van der Waals surface area (Å²) in [5.74, 6) is 1.18. The quantitative estimate of drug-likeness (QED) is 0.944. The Morgan fingerprint density at radius 3 is 2.33 bits per heavy atom. The van der Waals surface area contributed by atoms with Crippen molar-refractivity contribution in [3.8, 4) is 11.5 Å². The fraction of sp³-hybridized carbons (Fsp3) is 0.294. The van der Waals surface area contributed by atoms with E-state index in [0.29, 0.717) is 11.5 Å². The van der Waals surface area contributed by atoms with Crippen molar-refractivity contribution >= 4 is 0 Å². The van der Waals surface area contributed by atoms with Gasteiger partial charge in [0.2, 0.25) is 0 Å². The summed E-state index contributed by atoms with van der Waals surface area (Å²) in [5.41, 5.74) is 8.89. The molecule has 1 aliphatic rings. The third-order valence-corrected chi connectivity index (χ3v) is 4.20. The smallest absolute Gasteiger partial charge is 0.123 e. The van der Waals surface area contributed by atoms with Gasteiger partial charge in [0.15, 0.2) is 0 Å². The molecule has 2 N–H and O–H groups in total. The van der Waals surface area contributed by atoms with Crippen molar-refractivity contribution in [2.75, 3.05) is 14.2 Å². The zero-order valence-corrected chi connectivity index (χ0v) is 12.2. The Hall–Kier alpha value is -2.07. The molecule has 0 radical (unpaired) electrons. The lowest BCUT2D eigenvalue weighted by atomic mass is 9.85. The fourth-order valence-corrected chi connectivity index (χ4v) is 3.04. The van der Waals surface area contributed by atoms with Gasteiger partial charge < -0.3 is 15.2 Å². The third-order valence-electron chi connectivity index (χ3n) is 4.20. The van der Waals surface area contributed by atoms with E-state index in [1.54, 1.807) is 26.4 Å². The van der Waals surface area contributed by atoms with E-state index in [2.05, 4.69) is 0 Å². The third kappa shape index (κ3) is 2.25. The second-order valence-corrected chi connectivity index (χ2v) is 5.37. The van der Waals surface area contributed by atoms with Gasteiger partial charge in [-0.15, -0.1) is 0 Å². The van der Waals surface area contributed by atoms with Gasteiger partial charge in [0.25, 0.3) is 0 Å². The summed E-state index contributed by atoms with van der Waals surface area (Å²) >= 11 is 0. The van der Waals surface area contributed by atoms with Crippen molar-refractivity contribution < 1.29 is 13.9 Å². The summed E-state index contributed by atoms with van der Waals surface area (Å²) in [4.78, 5) is 0. The molecule has 110 valence electrons.